The molecule has 2 aliphatic rings. The zero-order valence-corrected chi connectivity index (χ0v) is 17.6. The molecule has 1 aliphatic carbocycles. The molecule has 2 heterocycles. The molecule has 1 saturated heterocycles. The van der Waals surface area contributed by atoms with Crippen molar-refractivity contribution in [3.05, 3.63) is 48.0 Å². The highest BCUT2D eigenvalue weighted by Crippen LogP contribution is 2.33. The van der Waals surface area contributed by atoms with Crippen LogP contribution in [0.5, 0.6) is 0 Å². The van der Waals surface area contributed by atoms with Crippen LogP contribution in [0.4, 0.5) is 19.3 Å². The summed E-state index contributed by atoms with van der Waals surface area (Å²) in [7, 11) is 0. The molecule has 4 amide bonds. The number of imidazole rings is 1. The Kier molecular flexibility index (Phi) is 5.07. The van der Waals surface area contributed by atoms with Crippen molar-refractivity contribution in [1.82, 2.24) is 20.2 Å². The molecular weight excluding hydrogens is 432 g/mol. The quantitative estimate of drug-likeness (QED) is 0.524. The van der Waals surface area contributed by atoms with E-state index in [4.69, 9.17) is 0 Å². The molecule has 170 valence electrons. The van der Waals surface area contributed by atoms with Crippen molar-refractivity contribution in [2.24, 2.45) is 0 Å². The molecular formula is C23H21F2N5O3. The third-order valence-corrected chi connectivity index (χ3v) is 6.20. The van der Waals surface area contributed by atoms with Gasteiger partial charge in [0.25, 0.3) is 5.91 Å². The van der Waals surface area contributed by atoms with E-state index in [-0.39, 0.29) is 17.3 Å². The predicted molar refractivity (Wildman–Crippen MR) is 116 cm³/mol. The minimum Gasteiger partial charge on any atom is -0.338 e. The van der Waals surface area contributed by atoms with Crippen LogP contribution in [0.25, 0.3) is 22.4 Å². The lowest BCUT2D eigenvalue weighted by Gasteiger charge is -2.30. The fraction of sp³-hybridized carbons (Fsp3) is 0.304. The maximum atomic E-state index is 14.1. The number of amides is 4. The predicted octanol–water partition coefficient (Wildman–Crippen LogP) is 3.70. The van der Waals surface area contributed by atoms with Crippen LogP contribution >= 0.6 is 0 Å². The molecule has 2 aromatic carbocycles. The van der Waals surface area contributed by atoms with E-state index >= 15 is 0 Å². The highest BCUT2D eigenvalue weighted by Gasteiger charge is 2.51. The molecule has 0 unspecified atom stereocenters. The Morgan fingerprint density at radius 1 is 1.09 bits per heavy atom. The van der Waals surface area contributed by atoms with Crippen molar-refractivity contribution in [2.75, 3.05) is 11.9 Å². The van der Waals surface area contributed by atoms with Gasteiger partial charge in [0, 0.05) is 5.69 Å². The summed E-state index contributed by atoms with van der Waals surface area (Å²) in [6.45, 7) is -0.396. The Hall–Kier alpha value is -3.82. The van der Waals surface area contributed by atoms with Crippen molar-refractivity contribution in [3.8, 4) is 11.4 Å². The molecule has 1 saturated carbocycles. The van der Waals surface area contributed by atoms with Gasteiger partial charge in [0.15, 0.2) is 0 Å². The van der Waals surface area contributed by atoms with Crippen molar-refractivity contribution in [1.29, 1.82) is 0 Å². The number of halogens is 2. The number of carbonyl (C=O) groups excluding carboxylic acids is 3. The van der Waals surface area contributed by atoms with Crippen LogP contribution in [0.3, 0.4) is 0 Å². The van der Waals surface area contributed by atoms with Gasteiger partial charge in [-0.3, -0.25) is 14.5 Å². The second kappa shape index (κ2) is 7.95. The van der Waals surface area contributed by atoms with Gasteiger partial charge in [-0.25, -0.2) is 18.6 Å². The third-order valence-electron chi connectivity index (χ3n) is 6.20. The summed E-state index contributed by atoms with van der Waals surface area (Å²) in [5.74, 6) is -1.93. The van der Waals surface area contributed by atoms with Crippen LogP contribution in [0.1, 0.15) is 32.1 Å². The lowest BCUT2D eigenvalue weighted by molar-refractivity contribution is -0.134. The normalized spacial score (nSPS) is 17.6. The van der Waals surface area contributed by atoms with E-state index < -0.39 is 35.7 Å². The first-order valence-corrected chi connectivity index (χ1v) is 10.7. The van der Waals surface area contributed by atoms with Crippen molar-refractivity contribution in [3.63, 3.8) is 0 Å². The number of urea groups is 1. The van der Waals surface area contributed by atoms with E-state index in [1.165, 1.54) is 0 Å². The van der Waals surface area contributed by atoms with Crippen LogP contribution < -0.4 is 10.6 Å². The van der Waals surface area contributed by atoms with Gasteiger partial charge in [-0.1, -0.05) is 19.3 Å². The van der Waals surface area contributed by atoms with E-state index in [2.05, 4.69) is 20.6 Å². The fourth-order valence-corrected chi connectivity index (χ4v) is 4.55. The van der Waals surface area contributed by atoms with Gasteiger partial charge in [-0.15, -0.1) is 0 Å². The molecule has 5 rings (SSSR count). The molecule has 0 bridgehead atoms. The number of hydrogen-bond donors (Lipinski definition) is 3. The number of nitrogens with zero attached hydrogens (tertiary/aromatic N) is 2. The first-order valence-electron chi connectivity index (χ1n) is 10.7. The van der Waals surface area contributed by atoms with Crippen LogP contribution in [-0.2, 0) is 9.59 Å². The van der Waals surface area contributed by atoms with Gasteiger partial charge < -0.3 is 15.6 Å². The SMILES string of the molecule is O=C(CN1C(=O)NC2(CCCCC2)C1=O)Nc1ccc2nc(-c3cc(F)ccc3F)[nH]c2c1. The fourth-order valence-electron chi connectivity index (χ4n) is 4.55. The van der Waals surface area contributed by atoms with Gasteiger partial charge in [-0.05, 0) is 49.2 Å². The lowest BCUT2D eigenvalue weighted by atomic mass is 9.82. The Labute approximate surface area is 187 Å². The zero-order valence-electron chi connectivity index (χ0n) is 17.6. The Balaban J connectivity index is 1.31. The number of anilines is 1. The molecule has 8 nitrogen and oxygen atoms in total. The van der Waals surface area contributed by atoms with E-state index in [1.54, 1.807) is 18.2 Å². The van der Waals surface area contributed by atoms with E-state index in [0.29, 0.717) is 29.6 Å². The number of aromatic nitrogens is 2. The number of carbonyl (C=O) groups is 3. The van der Waals surface area contributed by atoms with Gasteiger partial charge in [0.1, 0.15) is 29.5 Å². The first kappa shape index (κ1) is 21.0. The molecule has 1 spiro atoms. The number of benzene rings is 2. The molecule has 10 heteroatoms. The Morgan fingerprint density at radius 3 is 2.67 bits per heavy atom. The first-order chi connectivity index (χ1) is 15.8. The molecule has 2 fully saturated rings. The number of fused-ring (bicyclic) bond motifs is 1. The number of aromatic amines is 1. The van der Waals surface area contributed by atoms with Crippen LogP contribution in [0.2, 0.25) is 0 Å². The molecule has 1 aliphatic heterocycles. The largest absolute Gasteiger partial charge is 0.338 e. The number of rotatable bonds is 4. The van der Waals surface area contributed by atoms with Crippen molar-refractivity contribution < 1.29 is 23.2 Å². The highest BCUT2D eigenvalue weighted by atomic mass is 19.1. The number of nitrogens with one attached hydrogen (secondary N) is 3. The molecule has 1 aromatic heterocycles. The average Bonchev–Trinajstić information content (AvgIpc) is 3.30. The van der Waals surface area contributed by atoms with Gasteiger partial charge in [-0.2, -0.15) is 0 Å². The summed E-state index contributed by atoms with van der Waals surface area (Å²) in [6, 6.07) is 7.35. The number of H-pyrrole nitrogens is 1. The van der Waals surface area contributed by atoms with Crippen molar-refractivity contribution in [2.45, 2.75) is 37.6 Å². The van der Waals surface area contributed by atoms with Gasteiger partial charge in [0.2, 0.25) is 5.91 Å². The third kappa shape index (κ3) is 3.81. The molecule has 33 heavy (non-hydrogen) atoms. The minimum atomic E-state index is -0.882. The van der Waals surface area contributed by atoms with E-state index in [9.17, 15) is 23.2 Å². The summed E-state index contributed by atoms with van der Waals surface area (Å²) in [5.41, 5.74) is 0.518. The molecule has 3 aromatic rings. The molecule has 0 atom stereocenters. The van der Waals surface area contributed by atoms with Crippen molar-refractivity contribution >= 4 is 34.6 Å². The number of imide groups is 1. The lowest BCUT2D eigenvalue weighted by Crippen LogP contribution is -2.48. The second-order valence-electron chi connectivity index (χ2n) is 8.45. The van der Waals surface area contributed by atoms with Crippen LogP contribution in [0, 0.1) is 11.6 Å². The average molecular weight is 453 g/mol. The summed E-state index contributed by atoms with van der Waals surface area (Å²) >= 11 is 0. The van der Waals surface area contributed by atoms with Gasteiger partial charge >= 0.3 is 6.03 Å². The van der Waals surface area contributed by atoms with E-state index in [0.717, 1.165) is 42.4 Å². The monoisotopic (exact) mass is 453 g/mol. The van der Waals surface area contributed by atoms with E-state index in [1.807, 2.05) is 0 Å². The Bertz CT molecular complexity index is 1280. The summed E-state index contributed by atoms with van der Waals surface area (Å²) in [6.07, 6.45) is 3.91. The second-order valence-corrected chi connectivity index (χ2v) is 8.45. The van der Waals surface area contributed by atoms with Crippen LogP contribution in [-0.4, -0.2) is 44.8 Å². The maximum absolute atomic E-state index is 14.1. The smallest absolute Gasteiger partial charge is 0.325 e. The maximum Gasteiger partial charge on any atom is 0.325 e. The zero-order chi connectivity index (χ0) is 23.2. The Morgan fingerprint density at radius 2 is 1.88 bits per heavy atom. The topological polar surface area (TPSA) is 107 Å². The molecule has 0 radical (unpaired) electrons. The van der Waals surface area contributed by atoms with Gasteiger partial charge in [0.05, 0.1) is 16.6 Å². The van der Waals surface area contributed by atoms with Crippen LogP contribution in [0.15, 0.2) is 36.4 Å². The standard InChI is InChI=1S/C23H21F2N5O3/c24-13-4-6-16(25)15(10-13)20-27-17-7-5-14(11-18(17)28-20)26-19(31)12-30-21(32)23(29-22(30)33)8-2-1-3-9-23/h4-7,10-11H,1-3,8-9,12H2,(H,26,31)(H,27,28)(H,29,33). The summed E-state index contributed by atoms with van der Waals surface area (Å²) < 4.78 is 27.6. The molecule has 3 N–H and O–H groups in total. The highest BCUT2D eigenvalue weighted by molar-refractivity contribution is 6.10. The summed E-state index contributed by atoms with van der Waals surface area (Å²) in [4.78, 5) is 45.9. The minimum absolute atomic E-state index is 0.00742. The number of hydrogen-bond acceptors (Lipinski definition) is 4. The summed E-state index contributed by atoms with van der Waals surface area (Å²) in [5, 5.41) is 5.44.